The lowest BCUT2D eigenvalue weighted by atomic mass is 10.2. The molecule has 0 radical (unpaired) electrons. The maximum absolute atomic E-state index is 12.3. The lowest BCUT2D eigenvalue weighted by Gasteiger charge is -2.14. The molecule has 17 heavy (non-hydrogen) atoms. The van der Waals surface area contributed by atoms with Gasteiger partial charge in [0.25, 0.3) is 10.0 Å². The van der Waals surface area contributed by atoms with Gasteiger partial charge in [0.15, 0.2) is 0 Å². The molecule has 1 unspecified atom stereocenters. The smallest absolute Gasteiger partial charge is 0.206 e. The van der Waals surface area contributed by atoms with Crippen LogP contribution in [0.25, 0.3) is 0 Å². The average Bonchev–Trinajstić information content (AvgIpc) is 2.87. The summed E-state index contributed by atoms with van der Waals surface area (Å²) >= 11 is 10.4. The van der Waals surface area contributed by atoms with Crippen LogP contribution < -0.4 is 0 Å². The minimum absolute atomic E-state index is 0.288. The van der Waals surface area contributed by atoms with Gasteiger partial charge in [-0.3, -0.25) is 0 Å². The zero-order valence-electron chi connectivity index (χ0n) is 9.32. The fourth-order valence-corrected chi connectivity index (χ4v) is 5.99. The first-order chi connectivity index (χ1) is 7.95. The monoisotopic (exact) mass is 357 g/mol. The largest absolute Gasteiger partial charge is 0.252 e. The molecule has 0 amide bonds. The van der Waals surface area contributed by atoms with Crippen molar-refractivity contribution in [3.8, 4) is 0 Å². The summed E-state index contributed by atoms with van der Waals surface area (Å²) in [5.74, 6) is 0.815. The number of aryl methyl sites for hydroxylation is 1. The van der Waals surface area contributed by atoms with Crippen molar-refractivity contribution < 1.29 is 8.42 Å². The summed E-state index contributed by atoms with van der Waals surface area (Å²) in [6.07, 6.45) is 0.855. The second kappa shape index (κ2) is 5.17. The van der Waals surface area contributed by atoms with Gasteiger partial charge in [-0.15, -0.1) is 22.9 Å². The van der Waals surface area contributed by atoms with Crippen LogP contribution in [0.15, 0.2) is 14.1 Å². The fourth-order valence-electron chi connectivity index (χ4n) is 1.83. The Kier molecular flexibility index (Phi) is 4.20. The predicted octanol–water partition coefficient (Wildman–Crippen LogP) is 3.07. The number of sulfonamides is 1. The highest BCUT2D eigenvalue weighted by Crippen LogP contribution is 2.34. The van der Waals surface area contributed by atoms with Crippen LogP contribution in [0.5, 0.6) is 0 Å². The molecule has 2 heterocycles. The minimum Gasteiger partial charge on any atom is -0.206 e. The van der Waals surface area contributed by atoms with E-state index in [-0.39, 0.29) is 5.92 Å². The number of hydrogen-bond acceptors (Lipinski definition) is 3. The van der Waals surface area contributed by atoms with Gasteiger partial charge in [-0.05, 0) is 46.8 Å². The number of thiophene rings is 1. The van der Waals surface area contributed by atoms with E-state index in [1.54, 1.807) is 6.07 Å². The van der Waals surface area contributed by atoms with Gasteiger partial charge in [-0.2, -0.15) is 4.31 Å². The van der Waals surface area contributed by atoms with Crippen molar-refractivity contribution in [3.05, 3.63) is 15.4 Å². The van der Waals surface area contributed by atoms with Gasteiger partial charge in [-0.1, -0.05) is 0 Å². The first-order valence-corrected chi connectivity index (χ1v) is 8.85. The van der Waals surface area contributed by atoms with Gasteiger partial charge in [-0.25, -0.2) is 8.42 Å². The van der Waals surface area contributed by atoms with Crippen LogP contribution in [0.4, 0.5) is 0 Å². The Labute approximate surface area is 119 Å². The maximum Gasteiger partial charge on any atom is 0.252 e. The number of hydrogen-bond donors (Lipinski definition) is 0. The van der Waals surface area contributed by atoms with E-state index in [1.165, 1.54) is 15.6 Å². The standard InChI is InChI=1S/C10H13BrClNO2S2/c1-7-4-9(16-10(7)11)17(14,15)13-3-2-8(5-12)6-13/h4,8H,2-3,5-6H2,1H3. The van der Waals surface area contributed by atoms with Crippen LogP contribution in [0.3, 0.4) is 0 Å². The van der Waals surface area contributed by atoms with Gasteiger partial charge < -0.3 is 0 Å². The zero-order valence-corrected chi connectivity index (χ0v) is 13.3. The SMILES string of the molecule is Cc1cc(S(=O)(=O)N2CCC(CCl)C2)sc1Br. The van der Waals surface area contributed by atoms with Crippen LogP contribution in [0.1, 0.15) is 12.0 Å². The second-order valence-electron chi connectivity index (χ2n) is 4.19. The van der Waals surface area contributed by atoms with Crippen molar-refractivity contribution >= 4 is 48.9 Å². The molecule has 2 rings (SSSR count). The molecular formula is C10H13BrClNO2S2. The van der Waals surface area contributed by atoms with Crippen LogP contribution in [-0.2, 0) is 10.0 Å². The van der Waals surface area contributed by atoms with Crippen LogP contribution in [0.2, 0.25) is 0 Å². The molecule has 1 fully saturated rings. The third-order valence-electron chi connectivity index (χ3n) is 2.90. The lowest BCUT2D eigenvalue weighted by Crippen LogP contribution is -2.28. The molecule has 0 aliphatic carbocycles. The number of nitrogens with zero attached hydrogens (tertiary/aromatic N) is 1. The van der Waals surface area contributed by atoms with E-state index >= 15 is 0 Å². The van der Waals surface area contributed by atoms with Gasteiger partial charge in [0.1, 0.15) is 4.21 Å². The van der Waals surface area contributed by atoms with E-state index < -0.39 is 10.0 Å². The molecular weight excluding hydrogens is 346 g/mol. The van der Waals surface area contributed by atoms with Crippen LogP contribution in [0, 0.1) is 12.8 Å². The molecule has 1 aliphatic heterocycles. The van der Waals surface area contributed by atoms with E-state index in [4.69, 9.17) is 11.6 Å². The van der Waals surface area contributed by atoms with Crippen LogP contribution >= 0.6 is 38.9 Å². The summed E-state index contributed by atoms with van der Waals surface area (Å²) in [5, 5.41) is 0. The Bertz CT molecular complexity index is 495. The Morgan fingerprint density at radius 2 is 2.35 bits per heavy atom. The first kappa shape index (κ1) is 13.8. The van der Waals surface area contributed by atoms with E-state index in [9.17, 15) is 8.42 Å². The maximum atomic E-state index is 12.3. The molecule has 0 N–H and O–H groups in total. The molecule has 96 valence electrons. The van der Waals surface area contributed by atoms with E-state index in [1.807, 2.05) is 6.92 Å². The highest BCUT2D eigenvalue weighted by atomic mass is 79.9. The van der Waals surface area contributed by atoms with Crippen molar-refractivity contribution in [1.29, 1.82) is 0 Å². The molecule has 7 heteroatoms. The molecule has 0 aromatic carbocycles. The molecule has 0 saturated carbocycles. The molecule has 1 aromatic heterocycles. The molecule has 0 spiro atoms. The molecule has 1 aliphatic rings. The molecule has 1 aromatic rings. The van der Waals surface area contributed by atoms with E-state index in [2.05, 4.69) is 15.9 Å². The first-order valence-electron chi connectivity index (χ1n) is 5.27. The Morgan fingerprint density at radius 3 is 2.82 bits per heavy atom. The van der Waals surface area contributed by atoms with E-state index in [0.29, 0.717) is 23.2 Å². The third-order valence-corrected chi connectivity index (χ3v) is 7.78. The predicted molar refractivity (Wildman–Crippen MR) is 74.3 cm³/mol. The Morgan fingerprint density at radius 1 is 1.65 bits per heavy atom. The van der Waals surface area contributed by atoms with Crippen LogP contribution in [-0.4, -0.2) is 31.7 Å². The van der Waals surface area contributed by atoms with Gasteiger partial charge in [0.2, 0.25) is 0 Å². The molecule has 0 bridgehead atoms. The summed E-state index contributed by atoms with van der Waals surface area (Å²) in [6.45, 7) is 3.01. The fraction of sp³-hybridized carbons (Fsp3) is 0.600. The third kappa shape index (κ3) is 2.71. The van der Waals surface area contributed by atoms with Gasteiger partial charge >= 0.3 is 0 Å². The highest BCUT2D eigenvalue weighted by Gasteiger charge is 2.33. The Balaban J connectivity index is 2.25. The van der Waals surface area contributed by atoms with Crippen molar-refractivity contribution in [2.75, 3.05) is 19.0 Å². The quantitative estimate of drug-likeness (QED) is 0.779. The summed E-state index contributed by atoms with van der Waals surface area (Å²) in [6, 6.07) is 1.72. The summed E-state index contributed by atoms with van der Waals surface area (Å²) in [5.41, 5.74) is 0.960. The minimum atomic E-state index is -3.32. The second-order valence-corrected chi connectivity index (χ2v) is 9.04. The molecule has 3 nitrogen and oxygen atoms in total. The van der Waals surface area contributed by atoms with Crippen molar-refractivity contribution in [2.45, 2.75) is 17.6 Å². The van der Waals surface area contributed by atoms with Gasteiger partial charge in [0.05, 0.1) is 3.79 Å². The summed E-state index contributed by atoms with van der Waals surface area (Å²) in [7, 11) is -3.32. The van der Waals surface area contributed by atoms with Crippen molar-refractivity contribution in [2.24, 2.45) is 5.92 Å². The highest BCUT2D eigenvalue weighted by molar-refractivity contribution is 9.11. The molecule has 1 saturated heterocycles. The number of rotatable bonds is 3. The number of alkyl halides is 1. The Hall–Kier alpha value is 0.380. The van der Waals surface area contributed by atoms with Gasteiger partial charge in [0, 0.05) is 19.0 Å². The number of halogens is 2. The zero-order chi connectivity index (χ0) is 12.6. The lowest BCUT2D eigenvalue weighted by molar-refractivity contribution is 0.467. The average molecular weight is 359 g/mol. The summed E-state index contributed by atoms with van der Waals surface area (Å²) < 4.78 is 27.5. The summed E-state index contributed by atoms with van der Waals surface area (Å²) in [4.78, 5) is 0. The topological polar surface area (TPSA) is 37.4 Å². The van der Waals surface area contributed by atoms with Crippen molar-refractivity contribution in [1.82, 2.24) is 4.31 Å². The van der Waals surface area contributed by atoms with E-state index in [0.717, 1.165) is 15.8 Å². The van der Waals surface area contributed by atoms with Crippen molar-refractivity contribution in [3.63, 3.8) is 0 Å². The molecule has 1 atom stereocenters. The normalized spacial score (nSPS) is 22.2.